The molecule has 0 bridgehead atoms. The minimum absolute atomic E-state index is 0.340. The average Bonchev–Trinajstić information content (AvgIpc) is 2.79. The maximum Gasteiger partial charge on any atom is 0.435 e. The maximum atomic E-state index is 11.8. The van der Waals surface area contributed by atoms with Crippen LogP contribution in [0, 0.1) is 0 Å². The second-order valence-electron chi connectivity index (χ2n) is 4.10. The summed E-state index contributed by atoms with van der Waals surface area (Å²) in [5.41, 5.74) is 1.12. The molecule has 0 radical (unpaired) electrons. The molecule has 2 aromatic carbocycles. The summed E-state index contributed by atoms with van der Waals surface area (Å²) in [6.07, 6.45) is 0. The fourth-order valence-electron chi connectivity index (χ4n) is 2.21. The molecule has 0 fully saturated rings. The van der Waals surface area contributed by atoms with E-state index in [0.29, 0.717) is 12.2 Å². The van der Waals surface area contributed by atoms with E-state index < -0.39 is 0 Å². The van der Waals surface area contributed by atoms with Gasteiger partial charge < -0.3 is 0 Å². The Bertz CT molecular complexity index is 750. The molecule has 4 nitrogen and oxygen atoms in total. The number of aromatic amines is 1. The molecule has 3 aromatic rings. The van der Waals surface area contributed by atoms with Crippen molar-refractivity contribution in [1.29, 1.82) is 0 Å². The Labute approximate surface area is 103 Å². The highest BCUT2D eigenvalue weighted by atomic mass is 16.5. The second kappa shape index (κ2) is 4.14. The summed E-state index contributed by atoms with van der Waals surface area (Å²) < 4.78 is 6.58. The second-order valence-corrected chi connectivity index (χ2v) is 4.10. The average molecular weight is 241 g/mol. The SMILES string of the molecule is CC[n+]1[nH]oc(=O)c1-c1cccc2ccccc12. The molecule has 0 saturated carbocycles. The topological polar surface area (TPSA) is 49.9 Å². The predicted octanol–water partition coefficient (Wildman–Crippen LogP) is 2.10. The van der Waals surface area contributed by atoms with Crippen molar-refractivity contribution in [2.75, 3.05) is 0 Å². The van der Waals surface area contributed by atoms with Crippen molar-refractivity contribution in [1.82, 2.24) is 5.27 Å². The number of H-pyrrole nitrogens is 1. The van der Waals surface area contributed by atoms with E-state index in [1.54, 1.807) is 4.68 Å². The Kier molecular flexibility index (Phi) is 2.48. The molecule has 4 heteroatoms. The van der Waals surface area contributed by atoms with Gasteiger partial charge in [-0.3, -0.25) is 4.52 Å². The number of fused-ring (bicyclic) bond motifs is 1. The highest BCUT2D eigenvalue weighted by molar-refractivity contribution is 5.94. The van der Waals surface area contributed by atoms with E-state index in [1.165, 1.54) is 0 Å². The van der Waals surface area contributed by atoms with Gasteiger partial charge in [0.05, 0.1) is 5.56 Å². The molecule has 18 heavy (non-hydrogen) atoms. The maximum absolute atomic E-state index is 11.8. The molecule has 0 amide bonds. The van der Waals surface area contributed by atoms with Gasteiger partial charge in [-0.25, -0.2) is 4.79 Å². The van der Waals surface area contributed by atoms with Gasteiger partial charge in [-0.15, -0.1) is 0 Å². The van der Waals surface area contributed by atoms with Gasteiger partial charge in [0, 0.05) is 0 Å². The van der Waals surface area contributed by atoms with Crippen LogP contribution in [-0.4, -0.2) is 5.27 Å². The minimum Gasteiger partial charge on any atom is -0.283 e. The number of hydrogen-bond donors (Lipinski definition) is 1. The van der Waals surface area contributed by atoms with Crippen LogP contribution in [-0.2, 0) is 6.54 Å². The molecule has 90 valence electrons. The number of aromatic nitrogens is 2. The first-order valence-electron chi connectivity index (χ1n) is 5.90. The Morgan fingerprint density at radius 1 is 1.17 bits per heavy atom. The highest BCUT2D eigenvalue weighted by Gasteiger charge is 2.23. The lowest BCUT2D eigenvalue weighted by atomic mass is 10.0. The van der Waals surface area contributed by atoms with Gasteiger partial charge in [-0.2, -0.15) is 0 Å². The van der Waals surface area contributed by atoms with Crippen molar-refractivity contribution < 1.29 is 9.20 Å². The molecule has 0 aliphatic heterocycles. The summed E-state index contributed by atoms with van der Waals surface area (Å²) in [7, 11) is 0. The van der Waals surface area contributed by atoms with Crippen LogP contribution in [0.1, 0.15) is 6.92 Å². The number of nitrogens with one attached hydrogen (secondary N) is 1. The molecule has 1 heterocycles. The molecule has 1 N–H and O–H groups in total. The van der Waals surface area contributed by atoms with Crippen molar-refractivity contribution in [2.24, 2.45) is 0 Å². The number of hydrogen-bond acceptors (Lipinski definition) is 2. The van der Waals surface area contributed by atoms with Gasteiger partial charge in [0.2, 0.25) is 0 Å². The van der Waals surface area contributed by atoms with E-state index in [2.05, 4.69) is 5.27 Å². The van der Waals surface area contributed by atoms with Gasteiger partial charge in [0.25, 0.3) is 0 Å². The summed E-state index contributed by atoms with van der Waals surface area (Å²) in [4.78, 5) is 11.8. The third kappa shape index (κ3) is 1.54. The normalized spacial score (nSPS) is 10.9. The number of benzene rings is 2. The van der Waals surface area contributed by atoms with E-state index in [0.717, 1.165) is 16.3 Å². The van der Waals surface area contributed by atoms with Crippen molar-refractivity contribution in [3.63, 3.8) is 0 Å². The van der Waals surface area contributed by atoms with Crippen LogP contribution in [0.4, 0.5) is 0 Å². The quantitative estimate of drug-likeness (QED) is 0.698. The van der Waals surface area contributed by atoms with Crippen molar-refractivity contribution in [3.8, 4) is 11.3 Å². The van der Waals surface area contributed by atoms with Gasteiger partial charge in [-0.05, 0) is 29.0 Å². The smallest absolute Gasteiger partial charge is 0.283 e. The summed E-state index contributed by atoms with van der Waals surface area (Å²) in [5, 5.41) is 4.78. The zero-order valence-electron chi connectivity index (χ0n) is 10.0. The summed E-state index contributed by atoms with van der Waals surface area (Å²) >= 11 is 0. The van der Waals surface area contributed by atoms with E-state index in [1.807, 2.05) is 49.4 Å². The Morgan fingerprint density at radius 3 is 2.78 bits per heavy atom. The van der Waals surface area contributed by atoms with Crippen LogP contribution in [0.3, 0.4) is 0 Å². The van der Waals surface area contributed by atoms with Crippen LogP contribution in [0.2, 0.25) is 0 Å². The molecule has 0 spiro atoms. The third-order valence-corrected chi connectivity index (χ3v) is 3.07. The van der Waals surface area contributed by atoms with E-state index in [-0.39, 0.29) is 5.63 Å². The standard InChI is InChI=1S/C14H12N2O2/c1-2-16-13(14(17)18-15-16)12-9-5-7-10-6-3-4-8-11(10)12/h3-9H,2H2,1H3/p+1. The summed E-state index contributed by atoms with van der Waals surface area (Å²) in [5.74, 6) is 0. The molecular formula is C14H13N2O2+. The van der Waals surface area contributed by atoms with Gasteiger partial charge in [-0.1, -0.05) is 41.1 Å². The van der Waals surface area contributed by atoms with Crippen molar-refractivity contribution >= 4 is 10.8 Å². The number of nitrogens with zero attached hydrogens (tertiary/aromatic N) is 1. The number of rotatable bonds is 2. The lowest BCUT2D eigenvalue weighted by molar-refractivity contribution is -0.749. The van der Waals surface area contributed by atoms with Crippen LogP contribution < -0.4 is 10.3 Å². The lowest BCUT2D eigenvalue weighted by Gasteiger charge is -2.00. The molecule has 0 saturated heterocycles. The Hall–Kier alpha value is -2.36. The first-order valence-corrected chi connectivity index (χ1v) is 5.90. The van der Waals surface area contributed by atoms with E-state index >= 15 is 0 Å². The highest BCUT2D eigenvalue weighted by Crippen LogP contribution is 2.24. The van der Waals surface area contributed by atoms with Gasteiger partial charge >= 0.3 is 11.3 Å². The van der Waals surface area contributed by atoms with Crippen LogP contribution in [0.25, 0.3) is 22.0 Å². The Morgan fingerprint density at radius 2 is 1.94 bits per heavy atom. The fraction of sp³-hybridized carbons (Fsp3) is 0.143. The molecular weight excluding hydrogens is 228 g/mol. The first-order chi connectivity index (χ1) is 8.81. The molecule has 0 aliphatic carbocycles. The van der Waals surface area contributed by atoms with E-state index in [9.17, 15) is 4.79 Å². The van der Waals surface area contributed by atoms with Gasteiger partial charge in [0.15, 0.2) is 6.54 Å². The first kappa shape index (κ1) is 10.8. The molecule has 0 unspecified atom stereocenters. The van der Waals surface area contributed by atoms with Crippen LogP contribution in [0.5, 0.6) is 0 Å². The summed E-state index contributed by atoms with van der Waals surface area (Å²) in [6.45, 7) is 2.62. The molecule has 1 aromatic heterocycles. The third-order valence-electron chi connectivity index (χ3n) is 3.07. The van der Waals surface area contributed by atoms with Crippen molar-refractivity contribution in [2.45, 2.75) is 13.5 Å². The zero-order chi connectivity index (χ0) is 12.5. The molecule has 3 rings (SSSR count). The predicted molar refractivity (Wildman–Crippen MR) is 68.1 cm³/mol. The summed E-state index contributed by atoms with van der Waals surface area (Å²) in [6, 6.07) is 13.9. The largest absolute Gasteiger partial charge is 0.435 e. The monoisotopic (exact) mass is 241 g/mol. The van der Waals surface area contributed by atoms with Crippen LogP contribution in [0.15, 0.2) is 51.8 Å². The minimum atomic E-state index is -0.340. The Balaban J connectivity index is 2.38. The number of aryl methyl sites for hydroxylation is 1. The molecule has 0 aliphatic rings. The van der Waals surface area contributed by atoms with Crippen LogP contribution >= 0.6 is 0 Å². The fourth-order valence-corrected chi connectivity index (χ4v) is 2.21. The van der Waals surface area contributed by atoms with E-state index in [4.69, 9.17) is 4.52 Å². The zero-order valence-corrected chi connectivity index (χ0v) is 10.0. The van der Waals surface area contributed by atoms with Crippen molar-refractivity contribution in [3.05, 3.63) is 52.9 Å². The lowest BCUT2D eigenvalue weighted by Crippen LogP contribution is -2.37. The van der Waals surface area contributed by atoms with Gasteiger partial charge in [0.1, 0.15) is 0 Å². The molecule has 0 atom stereocenters.